The Morgan fingerprint density at radius 3 is 2.46 bits per heavy atom. The van der Waals surface area contributed by atoms with Crippen molar-refractivity contribution < 1.29 is 9.53 Å². The van der Waals surface area contributed by atoms with E-state index in [1.54, 1.807) is 7.11 Å². The zero-order valence-corrected chi connectivity index (χ0v) is 14.5. The molecule has 2 aromatic carbocycles. The van der Waals surface area contributed by atoms with Crippen LogP contribution in [0.4, 0.5) is 4.79 Å². The van der Waals surface area contributed by atoms with Crippen LogP contribution in [0.3, 0.4) is 0 Å². The minimum absolute atomic E-state index is 0.0108. The molecule has 0 saturated heterocycles. The third kappa shape index (κ3) is 5.30. The number of nitrogens with one attached hydrogen (secondary N) is 1. The van der Waals surface area contributed by atoms with Gasteiger partial charge in [0.2, 0.25) is 0 Å². The maximum atomic E-state index is 12.3. The van der Waals surface area contributed by atoms with E-state index in [2.05, 4.69) is 17.4 Å². The number of methoxy groups -OCH3 is 1. The second-order valence-corrected chi connectivity index (χ2v) is 5.61. The number of para-hydroxylation sites is 1. The lowest BCUT2D eigenvalue weighted by molar-refractivity contribution is 0.201. The summed E-state index contributed by atoms with van der Waals surface area (Å²) in [4.78, 5) is 14.2. The molecule has 0 bridgehead atoms. The maximum absolute atomic E-state index is 12.3. The lowest BCUT2D eigenvalue weighted by atomic mass is 10.1. The molecule has 1 N–H and O–H groups in total. The molecule has 0 aliphatic heterocycles. The summed E-state index contributed by atoms with van der Waals surface area (Å²) in [5.74, 6) is 0.864. The molecule has 0 aliphatic rings. The van der Waals surface area contributed by atoms with Crippen LogP contribution in [-0.4, -0.2) is 37.7 Å². The van der Waals surface area contributed by atoms with Crippen molar-refractivity contribution in [3.63, 3.8) is 0 Å². The van der Waals surface area contributed by atoms with Crippen LogP contribution < -0.4 is 10.1 Å². The van der Waals surface area contributed by atoms with Gasteiger partial charge in [-0.15, -0.1) is 0 Å². The van der Waals surface area contributed by atoms with Crippen molar-refractivity contribution >= 4 is 6.03 Å². The number of nitrogens with zero attached hydrogens (tertiary/aromatic N) is 1. The molecule has 2 amide bonds. The van der Waals surface area contributed by atoms with Gasteiger partial charge in [-0.25, -0.2) is 4.79 Å². The number of ether oxygens (including phenoxy) is 1. The van der Waals surface area contributed by atoms with Crippen molar-refractivity contribution in [2.45, 2.75) is 19.8 Å². The van der Waals surface area contributed by atoms with E-state index in [1.165, 1.54) is 5.56 Å². The molecule has 0 spiro atoms. The Kier molecular flexibility index (Phi) is 7.15. The average Bonchev–Trinajstić information content (AvgIpc) is 2.63. The van der Waals surface area contributed by atoms with Crippen molar-refractivity contribution in [3.8, 4) is 5.75 Å². The predicted octanol–water partition coefficient (Wildman–Crippen LogP) is 3.51. The fourth-order valence-corrected chi connectivity index (χ4v) is 2.64. The van der Waals surface area contributed by atoms with Crippen molar-refractivity contribution in [2.75, 3.05) is 26.7 Å². The molecule has 4 heteroatoms. The molecule has 24 heavy (non-hydrogen) atoms. The van der Waals surface area contributed by atoms with E-state index in [1.807, 2.05) is 54.3 Å². The number of likely N-dealkylation sites (N-methyl/N-ethyl adjacent to an activating group) is 1. The molecular formula is C20H26N2O2. The molecule has 0 aliphatic carbocycles. The second-order valence-electron chi connectivity index (χ2n) is 5.61. The third-order valence-corrected chi connectivity index (χ3v) is 4.05. The predicted molar refractivity (Wildman–Crippen MR) is 97.5 cm³/mol. The van der Waals surface area contributed by atoms with E-state index in [-0.39, 0.29) is 6.03 Å². The smallest absolute Gasteiger partial charge is 0.317 e. The van der Waals surface area contributed by atoms with Gasteiger partial charge in [0.15, 0.2) is 0 Å². The van der Waals surface area contributed by atoms with Gasteiger partial charge in [0.25, 0.3) is 0 Å². The van der Waals surface area contributed by atoms with Gasteiger partial charge in [0.1, 0.15) is 5.75 Å². The Labute approximate surface area is 144 Å². The van der Waals surface area contributed by atoms with Crippen LogP contribution in [0.15, 0.2) is 54.6 Å². The van der Waals surface area contributed by atoms with E-state index < -0.39 is 0 Å². The zero-order valence-electron chi connectivity index (χ0n) is 14.5. The Morgan fingerprint density at radius 1 is 1.04 bits per heavy atom. The summed E-state index contributed by atoms with van der Waals surface area (Å²) < 4.78 is 5.34. The van der Waals surface area contributed by atoms with Gasteiger partial charge in [0.05, 0.1) is 7.11 Å². The highest BCUT2D eigenvalue weighted by Crippen LogP contribution is 2.17. The Balaban J connectivity index is 1.79. The molecule has 0 atom stereocenters. The Morgan fingerprint density at radius 2 is 1.75 bits per heavy atom. The monoisotopic (exact) mass is 326 g/mol. The molecule has 0 aromatic heterocycles. The first-order chi connectivity index (χ1) is 11.7. The zero-order chi connectivity index (χ0) is 17.2. The number of urea groups is 1. The van der Waals surface area contributed by atoms with Gasteiger partial charge in [-0.1, -0.05) is 48.5 Å². The van der Waals surface area contributed by atoms with Crippen LogP contribution in [-0.2, 0) is 12.8 Å². The third-order valence-electron chi connectivity index (χ3n) is 4.05. The van der Waals surface area contributed by atoms with Crippen molar-refractivity contribution in [2.24, 2.45) is 0 Å². The summed E-state index contributed by atoms with van der Waals surface area (Å²) in [7, 11) is 1.67. The summed E-state index contributed by atoms with van der Waals surface area (Å²) in [6.07, 6.45) is 1.63. The number of hydrogen-bond donors (Lipinski definition) is 1. The number of carbonyl (C=O) groups is 1. The molecule has 0 unspecified atom stereocenters. The Bertz CT molecular complexity index is 629. The maximum Gasteiger partial charge on any atom is 0.317 e. The number of amides is 2. The standard InChI is InChI=1S/C20H26N2O2/c1-3-22(16-14-17-9-5-4-6-10-17)20(23)21-15-13-18-11-7-8-12-19(18)24-2/h4-12H,3,13-16H2,1-2H3,(H,21,23). The van der Waals surface area contributed by atoms with E-state index in [9.17, 15) is 4.79 Å². The van der Waals surface area contributed by atoms with Crippen molar-refractivity contribution in [1.82, 2.24) is 10.2 Å². The van der Waals surface area contributed by atoms with E-state index in [0.29, 0.717) is 13.1 Å². The number of carbonyl (C=O) groups excluding carboxylic acids is 1. The van der Waals surface area contributed by atoms with Gasteiger partial charge in [0, 0.05) is 19.6 Å². The van der Waals surface area contributed by atoms with Crippen LogP contribution in [0.25, 0.3) is 0 Å². The van der Waals surface area contributed by atoms with Gasteiger partial charge in [-0.05, 0) is 37.0 Å². The first kappa shape index (κ1) is 17.9. The summed E-state index contributed by atoms with van der Waals surface area (Å²) in [6, 6.07) is 18.1. The lowest BCUT2D eigenvalue weighted by Gasteiger charge is -2.21. The molecular weight excluding hydrogens is 300 g/mol. The topological polar surface area (TPSA) is 41.6 Å². The highest BCUT2D eigenvalue weighted by atomic mass is 16.5. The van der Waals surface area contributed by atoms with Crippen molar-refractivity contribution in [1.29, 1.82) is 0 Å². The van der Waals surface area contributed by atoms with Crippen molar-refractivity contribution in [3.05, 3.63) is 65.7 Å². The van der Waals surface area contributed by atoms with E-state index in [0.717, 1.165) is 30.7 Å². The van der Waals surface area contributed by atoms with Crippen LogP contribution in [0.5, 0.6) is 5.75 Å². The molecule has 0 fully saturated rings. The van der Waals surface area contributed by atoms with E-state index >= 15 is 0 Å². The Hall–Kier alpha value is -2.49. The molecule has 2 rings (SSSR count). The number of benzene rings is 2. The van der Waals surface area contributed by atoms with Gasteiger partial charge in [-0.2, -0.15) is 0 Å². The average molecular weight is 326 g/mol. The lowest BCUT2D eigenvalue weighted by Crippen LogP contribution is -2.41. The fraction of sp³-hybridized carbons (Fsp3) is 0.350. The summed E-state index contributed by atoms with van der Waals surface area (Å²) in [5, 5.41) is 3.00. The van der Waals surface area contributed by atoms with Gasteiger partial charge in [-0.3, -0.25) is 0 Å². The number of rotatable bonds is 8. The molecule has 0 radical (unpaired) electrons. The SMILES string of the molecule is CCN(CCc1ccccc1)C(=O)NCCc1ccccc1OC. The number of hydrogen-bond acceptors (Lipinski definition) is 2. The second kappa shape index (κ2) is 9.60. The van der Waals surface area contributed by atoms with E-state index in [4.69, 9.17) is 4.74 Å². The first-order valence-corrected chi connectivity index (χ1v) is 8.43. The highest BCUT2D eigenvalue weighted by molar-refractivity contribution is 5.74. The van der Waals surface area contributed by atoms with Crippen LogP contribution in [0.2, 0.25) is 0 Å². The molecule has 0 heterocycles. The largest absolute Gasteiger partial charge is 0.496 e. The molecule has 0 saturated carbocycles. The highest BCUT2D eigenvalue weighted by Gasteiger charge is 2.11. The fourth-order valence-electron chi connectivity index (χ4n) is 2.64. The van der Waals surface area contributed by atoms with Crippen LogP contribution in [0, 0.1) is 0 Å². The molecule has 4 nitrogen and oxygen atoms in total. The summed E-state index contributed by atoms with van der Waals surface area (Å²) in [6.45, 7) is 4.03. The summed E-state index contributed by atoms with van der Waals surface area (Å²) >= 11 is 0. The minimum Gasteiger partial charge on any atom is -0.496 e. The van der Waals surface area contributed by atoms with Gasteiger partial charge < -0.3 is 15.0 Å². The molecule has 128 valence electrons. The minimum atomic E-state index is -0.0108. The van der Waals surface area contributed by atoms with Crippen LogP contribution in [0.1, 0.15) is 18.1 Å². The normalized spacial score (nSPS) is 10.2. The first-order valence-electron chi connectivity index (χ1n) is 8.43. The summed E-state index contributed by atoms with van der Waals surface area (Å²) in [5.41, 5.74) is 2.35. The molecule has 2 aromatic rings. The van der Waals surface area contributed by atoms with Crippen LogP contribution >= 0.6 is 0 Å². The quantitative estimate of drug-likeness (QED) is 0.806. The van der Waals surface area contributed by atoms with Gasteiger partial charge >= 0.3 is 6.03 Å².